The van der Waals surface area contributed by atoms with Crippen LogP contribution >= 0.6 is 0 Å². The van der Waals surface area contributed by atoms with E-state index in [-0.39, 0.29) is 5.56 Å². The van der Waals surface area contributed by atoms with Gasteiger partial charge in [0.05, 0.1) is 5.69 Å². The second kappa shape index (κ2) is 3.14. The molecular formula is C10H11N3O. The second-order valence-corrected chi connectivity index (χ2v) is 3.21. The lowest BCUT2D eigenvalue weighted by atomic mass is 10.3. The van der Waals surface area contributed by atoms with Crippen molar-refractivity contribution >= 4 is 0 Å². The maximum atomic E-state index is 11.7. The Balaban J connectivity index is 2.64. The Morgan fingerprint density at radius 1 is 1.29 bits per heavy atom. The molecule has 4 heteroatoms. The highest BCUT2D eigenvalue weighted by molar-refractivity contribution is 5.30. The van der Waals surface area contributed by atoms with E-state index in [0.717, 1.165) is 16.9 Å². The van der Waals surface area contributed by atoms with E-state index in [2.05, 4.69) is 10.1 Å². The highest BCUT2D eigenvalue weighted by atomic mass is 16.1. The van der Waals surface area contributed by atoms with Crippen molar-refractivity contribution in [3.8, 4) is 5.69 Å². The van der Waals surface area contributed by atoms with Crippen LogP contribution in [0.1, 0.15) is 11.3 Å². The maximum Gasteiger partial charge on any atom is 0.274 e. The third-order valence-corrected chi connectivity index (χ3v) is 2.29. The van der Waals surface area contributed by atoms with Crippen molar-refractivity contribution in [2.24, 2.45) is 0 Å². The van der Waals surface area contributed by atoms with E-state index < -0.39 is 0 Å². The first-order valence-electron chi connectivity index (χ1n) is 4.39. The van der Waals surface area contributed by atoms with Crippen LogP contribution < -0.4 is 5.56 Å². The molecule has 72 valence electrons. The summed E-state index contributed by atoms with van der Waals surface area (Å²) in [6, 6.07) is 3.58. The van der Waals surface area contributed by atoms with Gasteiger partial charge < -0.3 is 0 Å². The molecule has 0 amide bonds. The molecule has 2 aromatic rings. The summed E-state index contributed by atoms with van der Waals surface area (Å²) < 4.78 is 1.52. The Hall–Kier alpha value is -1.84. The first kappa shape index (κ1) is 8.74. The van der Waals surface area contributed by atoms with Gasteiger partial charge in [0.15, 0.2) is 0 Å². The van der Waals surface area contributed by atoms with Crippen LogP contribution in [-0.2, 0) is 0 Å². The average molecular weight is 189 g/mol. The molecule has 2 heterocycles. The van der Waals surface area contributed by atoms with Gasteiger partial charge in [0, 0.05) is 23.7 Å². The van der Waals surface area contributed by atoms with Gasteiger partial charge in [-0.1, -0.05) is 0 Å². The lowest BCUT2D eigenvalue weighted by molar-refractivity contribution is 0.833. The molecule has 0 bridgehead atoms. The molecule has 0 fully saturated rings. The van der Waals surface area contributed by atoms with Crippen LogP contribution in [0, 0.1) is 13.8 Å². The number of H-pyrrole nitrogens is 1. The lowest BCUT2D eigenvalue weighted by Crippen LogP contribution is -2.15. The van der Waals surface area contributed by atoms with E-state index in [0.29, 0.717) is 0 Å². The molecule has 0 saturated heterocycles. The van der Waals surface area contributed by atoms with Crippen molar-refractivity contribution in [2.45, 2.75) is 13.8 Å². The van der Waals surface area contributed by atoms with Crippen LogP contribution in [0.4, 0.5) is 0 Å². The summed E-state index contributed by atoms with van der Waals surface area (Å²) in [5.41, 5.74) is 2.45. The monoisotopic (exact) mass is 189 g/mol. The van der Waals surface area contributed by atoms with Gasteiger partial charge in [0.2, 0.25) is 0 Å². The van der Waals surface area contributed by atoms with Gasteiger partial charge in [-0.25, -0.2) is 4.68 Å². The third kappa shape index (κ3) is 1.25. The Morgan fingerprint density at radius 3 is 2.43 bits per heavy atom. The zero-order chi connectivity index (χ0) is 10.1. The number of nitrogens with zero attached hydrogens (tertiary/aromatic N) is 2. The number of aromatic amines is 1. The lowest BCUT2D eigenvalue weighted by Gasteiger charge is -1.98. The number of rotatable bonds is 1. The Labute approximate surface area is 81.2 Å². The largest absolute Gasteiger partial charge is 0.295 e. The van der Waals surface area contributed by atoms with Crippen molar-refractivity contribution in [1.82, 2.24) is 14.8 Å². The van der Waals surface area contributed by atoms with Crippen LogP contribution in [0.2, 0.25) is 0 Å². The molecule has 0 saturated carbocycles. The van der Waals surface area contributed by atoms with Gasteiger partial charge in [-0.2, -0.15) is 0 Å². The predicted molar refractivity (Wildman–Crippen MR) is 53.7 cm³/mol. The second-order valence-electron chi connectivity index (χ2n) is 3.21. The van der Waals surface area contributed by atoms with Crippen molar-refractivity contribution in [2.75, 3.05) is 0 Å². The molecule has 1 N–H and O–H groups in total. The highest BCUT2D eigenvalue weighted by Gasteiger charge is 2.06. The van der Waals surface area contributed by atoms with E-state index in [1.165, 1.54) is 4.68 Å². The van der Waals surface area contributed by atoms with Crippen LogP contribution in [0.5, 0.6) is 0 Å². The summed E-state index contributed by atoms with van der Waals surface area (Å²) in [5, 5.41) is 3.01. The number of aromatic nitrogens is 3. The Morgan fingerprint density at radius 2 is 1.93 bits per heavy atom. The molecule has 0 aliphatic carbocycles. The number of nitrogens with one attached hydrogen (secondary N) is 1. The van der Waals surface area contributed by atoms with Gasteiger partial charge in [-0.3, -0.25) is 14.9 Å². The summed E-state index contributed by atoms with van der Waals surface area (Å²) in [6.45, 7) is 3.69. The molecule has 14 heavy (non-hydrogen) atoms. The molecule has 0 aliphatic rings. The molecular weight excluding hydrogens is 178 g/mol. The van der Waals surface area contributed by atoms with Crippen molar-refractivity contribution in [3.05, 3.63) is 46.1 Å². The fraction of sp³-hybridized carbons (Fsp3) is 0.200. The summed E-state index contributed by atoms with van der Waals surface area (Å²) in [7, 11) is 0. The van der Waals surface area contributed by atoms with Crippen molar-refractivity contribution in [3.63, 3.8) is 0 Å². The minimum atomic E-state index is -0.00583. The third-order valence-electron chi connectivity index (χ3n) is 2.29. The smallest absolute Gasteiger partial charge is 0.274 e. The molecule has 2 rings (SSSR count). The van der Waals surface area contributed by atoms with Crippen LogP contribution in [0.25, 0.3) is 5.69 Å². The molecule has 4 nitrogen and oxygen atoms in total. The molecule has 0 atom stereocenters. The molecule has 0 unspecified atom stereocenters. The van der Waals surface area contributed by atoms with Crippen LogP contribution in [0.3, 0.4) is 0 Å². The van der Waals surface area contributed by atoms with Crippen LogP contribution in [0.15, 0.2) is 29.3 Å². The highest BCUT2D eigenvalue weighted by Crippen LogP contribution is 2.04. The van der Waals surface area contributed by atoms with Crippen molar-refractivity contribution < 1.29 is 0 Å². The van der Waals surface area contributed by atoms with Crippen molar-refractivity contribution in [1.29, 1.82) is 0 Å². The Bertz CT molecular complexity index is 496. The summed E-state index contributed by atoms with van der Waals surface area (Å²) in [4.78, 5) is 15.6. The van der Waals surface area contributed by atoms with Gasteiger partial charge in [0.25, 0.3) is 5.56 Å². The molecule has 0 radical (unpaired) electrons. The van der Waals surface area contributed by atoms with E-state index in [9.17, 15) is 4.79 Å². The fourth-order valence-corrected chi connectivity index (χ4v) is 1.31. The molecule has 2 aromatic heterocycles. The minimum Gasteiger partial charge on any atom is -0.295 e. The number of pyridine rings is 1. The number of hydrogen-bond donors (Lipinski definition) is 1. The van der Waals surface area contributed by atoms with Gasteiger partial charge in [0.1, 0.15) is 0 Å². The van der Waals surface area contributed by atoms with Gasteiger partial charge in [-0.05, 0) is 26.0 Å². The SMILES string of the molecule is Cc1[nH]n(-c2ccncc2)c(=O)c1C. The standard InChI is InChI=1S/C10H11N3O/c1-7-8(2)12-13(10(7)14)9-3-5-11-6-4-9/h3-6,12H,1-2H3. The normalized spacial score (nSPS) is 10.4. The minimum absolute atomic E-state index is 0.00583. The Kier molecular flexibility index (Phi) is 1.96. The van der Waals surface area contributed by atoms with E-state index in [4.69, 9.17) is 0 Å². The predicted octanol–water partition coefficient (Wildman–Crippen LogP) is 1.18. The van der Waals surface area contributed by atoms with E-state index >= 15 is 0 Å². The molecule has 0 spiro atoms. The number of hydrogen-bond acceptors (Lipinski definition) is 2. The summed E-state index contributed by atoms with van der Waals surface area (Å²) >= 11 is 0. The zero-order valence-corrected chi connectivity index (χ0v) is 8.11. The fourth-order valence-electron chi connectivity index (χ4n) is 1.31. The topological polar surface area (TPSA) is 50.7 Å². The van der Waals surface area contributed by atoms with E-state index in [1.807, 2.05) is 13.8 Å². The first-order valence-corrected chi connectivity index (χ1v) is 4.39. The summed E-state index contributed by atoms with van der Waals surface area (Å²) in [6.07, 6.45) is 3.32. The summed E-state index contributed by atoms with van der Waals surface area (Å²) in [5.74, 6) is 0. The number of aryl methyl sites for hydroxylation is 1. The maximum absolute atomic E-state index is 11.7. The van der Waals surface area contributed by atoms with Gasteiger partial charge >= 0.3 is 0 Å². The first-order chi connectivity index (χ1) is 6.70. The zero-order valence-electron chi connectivity index (χ0n) is 8.11. The van der Waals surface area contributed by atoms with E-state index in [1.54, 1.807) is 24.5 Å². The average Bonchev–Trinajstić information content (AvgIpc) is 2.47. The van der Waals surface area contributed by atoms with Crippen LogP contribution in [-0.4, -0.2) is 14.8 Å². The van der Waals surface area contributed by atoms with Gasteiger partial charge in [-0.15, -0.1) is 0 Å². The quantitative estimate of drug-likeness (QED) is 0.732. The molecule has 0 aromatic carbocycles. The molecule has 0 aliphatic heterocycles.